The molecule has 1 aliphatic heterocycles. The summed E-state index contributed by atoms with van der Waals surface area (Å²) < 4.78 is 5.36. The van der Waals surface area contributed by atoms with Gasteiger partial charge in [-0.25, -0.2) is 4.98 Å². The van der Waals surface area contributed by atoms with E-state index in [0.29, 0.717) is 43.9 Å². The number of carbonyl (C=O) groups is 2. The molecule has 1 saturated heterocycles. The Morgan fingerprint density at radius 2 is 1.97 bits per heavy atom. The highest BCUT2D eigenvalue weighted by Crippen LogP contribution is 2.27. The molecule has 1 fully saturated rings. The number of nitrogens with zero attached hydrogens (tertiary/aromatic N) is 3. The standard InChI is InChI=1S/C22H27N5O5/c1-15(28)24-18(14-16-6-3-4-8-20(16)32-2)22(29)25-17-9-12-26(13-10-17)21-19(27(30)31)7-5-11-23-21/h3-8,11,17-18H,9-10,12-14H2,1-2H3,(H,24,28)(H,25,29)/t18-/m1/s1. The Kier molecular flexibility index (Phi) is 7.58. The molecule has 32 heavy (non-hydrogen) atoms. The first-order valence-electron chi connectivity index (χ1n) is 10.4. The van der Waals surface area contributed by atoms with Crippen LogP contribution in [0.1, 0.15) is 25.3 Å². The lowest BCUT2D eigenvalue weighted by Crippen LogP contribution is -2.52. The van der Waals surface area contributed by atoms with E-state index in [0.717, 1.165) is 5.56 Å². The van der Waals surface area contributed by atoms with Crippen LogP contribution in [-0.4, -0.2) is 54.0 Å². The van der Waals surface area contributed by atoms with E-state index in [-0.39, 0.29) is 23.5 Å². The van der Waals surface area contributed by atoms with Gasteiger partial charge in [0.2, 0.25) is 17.6 Å². The minimum atomic E-state index is -0.737. The third kappa shape index (κ3) is 5.71. The number of hydrogen-bond donors (Lipinski definition) is 2. The maximum absolute atomic E-state index is 13.0. The number of amides is 2. The van der Waals surface area contributed by atoms with Crippen molar-refractivity contribution in [2.45, 2.75) is 38.3 Å². The van der Waals surface area contributed by atoms with Crippen LogP contribution >= 0.6 is 0 Å². The van der Waals surface area contributed by atoms with Gasteiger partial charge in [0.15, 0.2) is 0 Å². The van der Waals surface area contributed by atoms with Gasteiger partial charge >= 0.3 is 5.69 Å². The van der Waals surface area contributed by atoms with E-state index >= 15 is 0 Å². The van der Waals surface area contributed by atoms with E-state index in [9.17, 15) is 19.7 Å². The van der Waals surface area contributed by atoms with Gasteiger partial charge < -0.3 is 20.3 Å². The molecule has 0 radical (unpaired) electrons. The lowest BCUT2D eigenvalue weighted by Gasteiger charge is -2.33. The number of nitrogens with one attached hydrogen (secondary N) is 2. The predicted octanol–water partition coefficient (Wildman–Crippen LogP) is 1.83. The Labute approximate surface area is 186 Å². The first-order chi connectivity index (χ1) is 15.4. The largest absolute Gasteiger partial charge is 0.496 e. The fourth-order valence-electron chi connectivity index (χ4n) is 3.86. The highest BCUT2D eigenvalue weighted by atomic mass is 16.6. The van der Waals surface area contributed by atoms with Crippen molar-refractivity contribution in [3.8, 4) is 5.75 Å². The van der Waals surface area contributed by atoms with Crippen molar-refractivity contribution in [1.82, 2.24) is 15.6 Å². The van der Waals surface area contributed by atoms with E-state index in [1.165, 1.54) is 19.2 Å². The van der Waals surface area contributed by atoms with Gasteiger partial charge in [-0.15, -0.1) is 0 Å². The van der Waals surface area contributed by atoms with Crippen molar-refractivity contribution in [1.29, 1.82) is 0 Å². The van der Waals surface area contributed by atoms with Crippen LogP contribution in [0.2, 0.25) is 0 Å². The molecule has 2 heterocycles. The SMILES string of the molecule is COc1ccccc1C[C@@H](NC(C)=O)C(=O)NC1CCN(c2ncccc2[N+](=O)[O-])CC1. The lowest BCUT2D eigenvalue weighted by molar-refractivity contribution is -0.384. The Balaban J connectivity index is 1.63. The number of hydrogen-bond acceptors (Lipinski definition) is 7. The van der Waals surface area contributed by atoms with Crippen LogP contribution in [0.5, 0.6) is 5.75 Å². The summed E-state index contributed by atoms with van der Waals surface area (Å²) in [5.74, 6) is 0.432. The highest BCUT2D eigenvalue weighted by Gasteiger charge is 2.29. The summed E-state index contributed by atoms with van der Waals surface area (Å²) in [6.07, 6.45) is 3.06. The van der Waals surface area contributed by atoms with Crippen molar-refractivity contribution >= 4 is 23.3 Å². The van der Waals surface area contributed by atoms with Crippen LogP contribution < -0.4 is 20.3 Å². The summed E-state index contributed by atoms with van der Waals surface area (Å²) in [5.41, 5.74) is 0.790. The minimum absolute atomic E-state index is 0.0301. The second-order valence-electron chi connectivity index (χ2n) is 7.64. The van der Waals surface area contributed by atoms with Gasteiger partial charge in [0, 0.05) is 44.7 Å². The molecule has 0 saturated carbocycles. The van der Waals surface area contributed by atoms with Crippen LogP contribution in [0.4, 0.5) is 11.5 Å². The number of nitro groups is 1. The Hall–Kier alpha value is -3.69. The Bertz CT molecular complexity index is 975. The second-order valence-corrected chi connectivity index (χ2v) is 7.64. The van der Waals surface area contributed by atoms with Crippen LogP contribution in [-0.2, 0) is 16.0 Å². The normalized spacial score (nSPS) is 15.0. The molecular formula is C22H27N5O5. The number of benzene rings is 1. The first kappa shape index (κ1) is 23.0. The minimum Gasteiger partial charge on any atom is -0.496 e. The van der Waals surface area contributed by atoms with Gasteiger partial charge in [0.1, 0.15) is 11.8 Å². The molecule has 2 aromatic rings. The smallest absolute Gasteiger partial charge is 0.311 e. The first-order valence-corrected chi connectivity index (χ1v) is 10.4. The van der Waals surface area contributed by atoms with Gasteiger partial charge in [-0.1, -0.05) is 18.2 Å². The summed E-state index contributed by atoms with van der Waals surface area (Å²) in [5, 5.41) is 17.0. The van der Waals surface area contributed by atoms with Gasteiger partial charge in [0.25, 0.3) is 0 Å². The van der Waals surface area contributed by atoms with Crippen LogP contribution in [0.3, 0.4) is 0 Å². The zero-order valence-corrected chi connectivity index (χ0v) is 18.1. The third-order valence-electron chi connectivity index (χ3n) is 5.41. The van der Waals surface area contributed by atoms with Gasteiger partial charge in [0.05, 0.1) is 12.0 Å². The van der Waals surface area contributed by atoms with Crippen molar-refractivity contribution < 1.29 is 19.2 Å². The zero-order valence-electron chi connectivity index (χ0n) is 18.1. The van der Waals surface area contributed by atoms with E-state index in [1.807, 2.05) is 29.2 Å². The quantitative estimate of drug-likeness (QED) is 0.473. The fraction of sp³-hybridized carbons (Fsp3) is 0.409. The van der Waals surface area contributed by atoms with Gasteiger partial charge in [-0.05, 0) is 30.5 Å². The number of pyridine rings is 1. The fourth-order valence-corrected chi connectivity index (χ4v) is 3.86. The molecule has 2 N–H and O–H groups in total. The van der Waals surface area contributed by atoms with Crippen molar-refractivity contribution in [3.05, 3.63) is 58.3 Å². The molecule has 0 spiro atoms. The maximum Gasteiger partial charge on any atom is 0.311 e. The lowest BCUT2D eigenvalue weighted by atomic mass is 10.0. The van der Waals surface area contributed by atoms with Crippen molar-refractivity contribution in [2.75, 3.05) is 25.1 Å². The summed E-state index contributed by atoms with van der Waals surface area (Å²) in [4.78, 5) is 41.5. The van der Waals surface area contributed by atoms with Crippen LogP contribution in [0.25, 0.3) is 0 Å². The number of aromatic nitrogens is 1. The monoisotopic (exact) mass is 441 g/mol. The molecule has 170 valence electrons. The summed E-state index contributed by atoms with van der Waals surface area (Å²) in [7, 11) is 1.56. The van der Waals surface area contributed by atoms with Crippen LogP contribution in [0, 0.1) is 10.1 Å². The molecule has 1 atom stereocenters. The molecule has 3 rings (SSSR count). The number of ether oxygens (including phenoxy) is 1. The number of rotatable bonds is 8. The second kappa shape index (κ2) is 10.6. The zero-order chi connectivity index (χ0) is 23.1. The molecule has 1 aromatic carbocycles. The number of piperidine rings is 1. The van der Waals surface area contributed by atoms with E-state index in [1.54, 1.807) is 13.2 Å². The van der Waals surface area contributed by atoms with E-state index in [4.69, 9.17) is 4.74 Å². The van der Waals surface area contributed by atoms with E-state index in [2.05, 4.69) is 15.6 Å². The van der Waals surface area contributed by atoms with Gasteiger partial charge in [-0.2, -0.15) is 0 Å². The number of para-hydroxylation sites is 1. The molecule has 0 bridgehead atoms. The number of carbonyl (C=O) groups excluding carboxylic acids is 2. The third-order valence-corrected chi connectivity index (χ3v) is 5.41. The topological polar surface area (TPSA) is 127 Å². The number of methoxy groups -OCH3 is 1. The molecule has 1 aromatic heterocycles. The van der Waals surface area contributed by atoms with Crippen molar-refractivity contribution in [2.24, 2.45) is 0 Å². The molecule has 10 nitrogen and oxygen atoms in total. The highest BCUT2D eigenvalue weighted by molar-refractivity contribution is 5.87. The molecule has 2 amide bonds. The van der Waals surface area contributed by atoms with Crippen molar-refractivity contribution in [3.63, 3.8) is 0 Å². The molecular weight excluding hydrogens is 414 g/mol. The van der Waals surface area contributed by atoms with Crippen LogP contribution in [0.15, 0.2) is 42.6 Å². The summed E-state index contributed by atoms with van der Waals surface area (Å²) >= 11 is 0. The average molecular weight is 441 g/mol. The maximum atomic E-state index is 13.0. The predicted molar refractivity (Wildman–Crippen MR) is 119 cm³/mol. The van der Waals surface area contributed by atoms with E-state index < -0.39 is 11.0 Å². The Morgan fingerprint density at radius 3 is 2.62 bits per heavy atom. The average Bonchev–Trinajstić information content (AvgIpc) is 2.79. The summed E-state index contributed by atoms with van der Waals surface area (Å²) in [6, 6.07) is 9.51. The molecule has 0 unspecified atom stereocenters. The van der Waals surface area contributed by atoms with Gasteiger partial charge in [-0.3, -0.25) is 19.7 Å². The summed E-state index contributed by atoms with van der Waals surface area (Å²) in [6.45, 7) is 2.43. The number of anilines is 1. The molecule has 10 heteroatoms. The molecule has 1 aliphatic rings. The Morgan fingerprint density at radius 1 is 1.25 bits per heavy atom. The molecule has 0 aliphatic carbocycles.